The highest BCUT2D eigenvalue weighted by Gasteiger charge is 2.16. The summed E-state index contributed by atoms with van der Waals surface area (Å²) >= 11 is 0. The fraction of sp³-hybridized carbons (Fsp3) is 0.263. The molecule has 25 heavy (non-hydrogen) atoms. The van der Waals surface area contributed by atoms with Crippen LogP contribution >= 0.6 is 0 Å². The van der Waals surface area contributed by atoms with Gasteiger partial charge in [-0.3, -0.25) is 14.7 Å². The zero-order valence-electron chi connectivity index (χ0n) is 14.0. The average molecular weight is 337 g/mol. The lowest BCUT2D eigenvalue weighted by molar-refractivity contribution is 0.174. The largest absolute Gasteiger partial charge is 0.454 e. The Bertz CT molecular complexity index is 953. The lowest BCUT2D eigenvalue weighted by atomic mass is 10.1. The van der Waals surface area contributed by atoms with Crippen molar-refractivity contribution < 1.29 is 9.47 Å². The minimum absolute atomic E-state index is 0.0699. The Hall–Kier alpha value is -2.86. The number of aromatic nitrogens is 2. The van der Waals surface area contributed by atoms with E-state index < -0.39 is 0 Å². The van der Waals surface area contributed by atoms with Gasteiger partial charge in [-0.2, -0.15) is 0 Å². The molecule has 0 radical (unpaired) electrons. The van der Waals surface area contributed by atoms with Gasteiger partial charge in [0.2, 0.25) is 6.79 Å². The summed E-state index contributed by atoms with van der Waals surface area (Å²) in [6.45, 7) is 4.52. The van der Waals surface area contributed by atoms with Crippen LogP contribution in [0.25, 0.3) is 10.9 Å². The minimum Gasteiger partial charge on any atom is -0.454 e. The Kier molecular flexibility index (Phi) is 4.11. The van der Waals surface area contributed by atoms with Gasteiger partial charge >= 0.3 is 0 Å². The van der Waals surface area contributed by atoms with Gasteiger partial charge in [-0.15, -0.1) is 0 Å². The average Bonchev–Trinajstić information content (AvgIpc) is 3.08. The summed E-state index contributed by atoms with van der Waals surface area (Å²) in [6, 6.07) is 9.65. The number of aromatic amines is 1. The molecule has 0 fully saturated rings. The number of hydrogen-bond donors (Lipinski definition) is 1. The molecule has 4 rings (SSSR count). The molecule has 1 aliphatic heterocycles. The minimum atomic E-state index is -0.0699. The van der Waals surface area contributed by atoms with Crippen LogP contribution in [0.3, 0.4) is 0 Å². The van der Waals surface area contributed by atoms with Crippen LogP contribution in [0.2, 0.25) is 0 Å². The lowest BCUT2D eigenvalue weighted by Crippen LogP contribution is -2.26. The van der Waals surface area contributed by atoms with Gasteiger partial charge < -0.3 is 14.5 Å². The maximum absolute atomic E-state index is 12.5. The van der Waals surface area contributed by atoms with Gasteiger partial charge in [0, 0.05) is 42.5 Å². The zero-order valence-corrected chi connectivity index (χ0v) is 14.0. The standard InChI is InChI=1S/C19H19N3O3/c1-2-22(10-13-3-5-20-6-4-13)11-15-7-14-8-17-18(25-12-24-17)9-16(14)21-19(15)23/h3-9H,2,10-12H2,1H3,(H,21,23). The molecule has 0 atom stereocenters. The molecule has 1 aliphatic rings. The number of nitrogens with one attached hydrogen (secondary N) is 1. The molecule has 6 heteroatoms. The SMILES string of the molecule is CCN(Cc1ccncc1)Cc1cc2cc3c(cc2[nH]c1=O)OCO3. The summed E-state index contributed by atoms with van der Waals surface area (Å²) in [5.41, 5.74) is 2.61. The first-order chi connectivity index (χ1) is 12.2. The Morgan fingerprint density at radius 1 is 1.12 bits per heavy atom. The second-order valence-electron chi connectivity index (χ2n) is 6.08. The van der Waals surface area contributed by atoms with Crippen LogP contribution in [0.5, 0.6) is 11.5 Å². The predicted molar refractivity (Wildman–Crippen MR) is 94.7 cm³/mol. The summed E-state index contributed by atoms with van der Waals surface area (Å²) in [4.78, 5) is 21.7. The van der Waals surface area contributed by atoms with Crippen molar-refractivity contribution in [3.05, 3.63) is 64.2 Å². The molecule has 0 spiro atoms. The van der Waals surface area contributed by atoms with E-state index in [0.29, 0.717) is 12.3 Å². The Labute approximate surface area is 145 Å². The fourth-order valence-corrected chi connectivity index (χ4v) is 3.03. The quantitative estimate of drug-likeness (QED) is 0.775. The monoisotopic (exact) mass is 337 g/mol. The Morgan fingerprint density at radius 3 is 2.64 bits per heavy atom. The molecule has 2 aromatic heterocycles. The van der Waals surface area contributed by atoms with Crippen molar-refractivity contribution in [3.8, 4) is 11.5 Å². The van der Waals surface area contributed by atoms with E-state index in [9.17, 15) is 4.79 Å². The first-order valence-electron chi connectivity index (χ1n) is 8.30. The highest BCUT2D eigenvalue weighted by Crippen LogP contribution is 2.35. The summed E-state index contributed by atoms with van der Waals surface area (Å²) in [5, 5.41) is 0.943. The molecule has 6 nitrogen and oxygen atoms in total. The van der Waals surface area contributed by atoms with E-state index >= 15 is 0 Å². The number of ether oxygens (including phenoxy) is 2. The number of rotatable bonds is 5. The number of hydrogen-bond acceptors (Lipinski definition) is 5. The van der Waals surface area contributed by atoms with Gasteiger partial charge in [0.05, 0.1) is 5.52 Å². The van der Waals surface area contributed by atoms with Crippen molar-refractivity contribution in [2.45, 2.75) is 20.0 Å². The van der Waals surface area contributed by atoms with Crippen molar-refractivity contribution in [1.82, 2.24) is 14.9 Å². The van der Waals surface area contributed by atoms with Crippen molar-refractivity contribution in [2.75, 3.05) is 13.3 Å². The van der Waals surface area contributed by atoms with Gasteiger partial charge in [0.1, 0.15) is 0 Å². The Balaban J connectivity index is 1.62. The molecule has 1 aromatic carbocycles. The van der Waals surface area contributed by atoms with Gasteiger partial charge in [0.15, 0.2) is 11.5 Å². The molecule has 3 heterocycles. The first kappa shape index (κ1) is 15.7. The van der Waals surface area contributed by atoms with Gasteiger partial charge in [-0.1, -0.05) is 6.92 Å². The van der Waals surface area contributed by atoms with Crippen LogP contribution in [0.15, 0.2) is 47.5 Å². The van der Waals surface area contributed by atoms with Crippen LogP contribution in [-0.4, -0.2) is 28.2 Å². The van der Waals surface area contributed by atoms with Crippen molar-refractivity contribution in [1.29, 1.82) is 0 Å². The van der Waals surface area contributed by atoms with Crippen LogP contribution in [0.1, 0.15) is 18.1 Å². The molecule has 128 valence electrons. The smallest absolute Gasteiger partial charge is 0.252 e. The number of nitrogens with zero attached hydrogens (tertiary/aromatic N) is 2. The number of benzene rings is 1. The van der Waals surface area contributed by atoms with E-state index in [0.717, 1.165) is 35.3 Å². The Morgan fingerprint density at radius 2 is 1.88 bits per heavy atom. The topological polar surface area (TPSA) is 67.5 Å². The molecule has 0 saturated heterocycles. The maximum Gasteiger partial charge on any atom is 0.252 e. The van der Waals surface area contributed by atoms with E-state index in [1.165, 1.54) is 5.56 Å². The summed E-state index contributed by atoms with van der Waals surface area (Å²) in [6.07, 6.45) is 3.57. The summed E-state index contributed by atoms with van der Waals surface area (Å²) in [7, 11) is 0. The number of pyridine rings is 2. The summed E-state index contributed by atoms with van der Waals surface area (Å²) in [5.74, 6) is 1.39. The fourth-order valence-electron chi connectivity index (χ4n) is 3.03. The third-order valence-corrected chi connectivity index (χ3v) is 4.41. The molecular weight excluding hydrogens is 318 g/mol. The zero-order chi connectivity index (χ0) is 17.2. The predicted octanol–water partition coefficient (Wildman–Crippen LogP) is 2.67. The van der Waals surface area contributed by atoms with Crippen LogP contribution < -0.4 is 15.0 Å². The van der Waals surface area contributed by atoms with E-state index in [1.54, 1.807) is 12.4 Å². The van der Waals surface area contributed by atoms with Gasteiger partial charge in [0.25, 0.3) is 5.56 Å². The van der Waals surface area contributed by atoms with Gasteiger partial charge in [-0.25, -0.2) is 0 Å². The first-order valence-corrected chi connectivity index (χ1v) is 8.30. The van der Waals surface area contributed by atoms with Crippen molar-refractivity contribution >= 4 is 10.9 Å². The van der Waals surface area contributed by atoms with Crippen LogP contribution in [0.4, 0.5) is 0 Å². The third-order valence-electron chi connectivity index (χ3n) is 4.41. The molecule has 0 saturated carbocycles. The second kappa shape index (κ2) is 6.57. The van der Waals surface area contributed by atoms with E-state index in [1.807, 2.05) is 30.3 Å². The molecular formula is C19H19N3O3. The normalized spacial score (nSPS) is 12.9. The van der Waals surface area contributed by atoms with E-state index in [2.05, 4.69) is 21.8 Å². The highest BCUT2D eigenvalue weighted by atomic mass is 16.7. The second-order valence-corrected chi connectivity index (χ2v) is 6.08. The van der Waals surface area contributed by atoms with Crippen molar-refractivity contribution in [2.24, 2.45) is 0 Å². The van der Waals surface area contributed by atoms with E-state index in [-0.39, 0.29) is 12.4 Å². The lowest BCUT2D eigenvalue weighted by Gasteiger charge is -2.20. The molecule has 0 bridgehead atoms. The molecule has 0 amide bonds. The van der Waals surface area contributed by atoms with Crippen LogP contribution in [-0.2, 0) is 13.1 Å². The third kappa shape index (κ3) is 3.21. The highest BCUT2D eigenvalue weighted by molar-refractivity contribution is 5.83. The number of fused-ring (bicyclic) bond motifs is 2. The summed E-state index contributed by atoms with van der Waals surface area (Å²) < 4.78 is 10.8. The molecule has 0 unspecified atom stereocenters. The molecule has 0 aliphatic carbocycles. The van der Waals surface area contributed by atoms with Crippen molar-refractivity contribution in [3.63, 3.8) is 0 Å². The van der Waals surface area contributed by atoms with Crippen LogP contribution in [0, 0.1) is 0 Å². The molecule has 3 aromatic rings. The van der Waals surface area contributed by atoms with E-state index in [4.69, 9.17) is 9.47 Å². The van der Waals surface area contributed by atoms with Gasteiger partial charge in [-0.05, 0) is 36.4 Å². The molecule has 1 N–H and O–H groups in total. The maximum atomic E-state index is 12.5. The number of H-pyrrole nitrogens is 1.